The van der Waals surface area contributed by atoms with Crippen molar-refractivity contribution in [1.82, 2.24) is 10.2 Å². The van der Waals surface area contributed by atoms with Crippen LogP contribution in [-0.2, 0) is 5.75 Å². The van der Waals surface area contributed by atoms with E-state index in [1.54, 1.807) is 18.2 Å². The van der Waals surface area contributed by atoms with Gasteiger partial charge in [-0.15, -0.1) is 10.2 Å². The summed E-state index contributed by atoms with van der Waals surface area (Å²) in [6, 6.07) is 16.8. The van der Waals surface area contributed by atoms with Gasteiger partial charge in [0.1, 0.15) is 0 Å². The second-order valence-corrected chi connectivity index (χ2v) is 5.85. The highest BCUT2D eigenvalue weighted by molar-refractivity contribution is 7.98. The quantitative estimate of drug-likeness (QED) is 0.657. The van der Waals surface area contributed by atoms with Crippen molar-refractivity contribution < 1.29 is 4.42 Å². The third-order valence-corrected chi connectivity index (χ3v) is 4.02. The number of nitriles is 1. The molecule has 3 aromatic rings. The van der Waals surface area contributed by atoms with E-state index in [2.05, 4.69) is 16.3 Å². The highest BCUT2D eigenvalue weighted by atomic mass is 35.5. The normalized spacial score (nSPS) is 10.4. The van der Waals surface area contributed by atoms with Crippen molar-refractivity contribution in [3.8, 4) is 17.5 Å². The van der Waals surface area contributed by atoms with E-state index in [0.717, 1.165) is 11.1 Å². The third kappa shape index (κ3) is 3.48. The summed E-state index contributed by atoms with van der Waals surface area (Å²) in [4.78, 5) is 0. The van der Waals surface area contributed by atoms with E-state index in [9.17, 15) is 0 Å². The Kier molecular flexibility index (Phi) is 4.42. The fourth-order valence-corrected chi connectivity index (χ4v) is 2.78. The zero-order valence-corrected chi connectivity index (χ0v) is 12.9. The van der Waals surface area contributed by atoms with Crippen molar-refractivity contribution >= 4 is 23.4 Å². The third-order valence-electron chi connectivity index (χ3n) is 2.90. The summed E-state index contributed by atoms with van der Waals surface area (Å²) in [5.74, 6) is 1.10. The van der Waals surface area contributed by atoms with Gasteiger partial charge in [-0.1, -0.05) is 41.6 Å². The van der Waals surface area contributed by atoms with E-state index < -0.39 is 0 Å². The zero-order valence-electron chi connectivity index (χ0n) is 11.4. The van der Waals surface area contributed by atoms with Gasteiger partial charge in [0.25, 0.3) is 5.22 Å². The molecule has 6 heteroatoms. The van der Waals surface area contributed by atoms with Crippen LogP contribution in [0.3, 0.4) is 0 Å². The predicted molar refractivity (Wildman–Crippen MR) is 85.5 cm³/mol. The lowest BCUT2D eigenvalue weighted by Crippen LogP contribution is -1.82. The molecular weight excluding hydrogens is 318 g/mol. The average Bonchev–Trinajstić information content (AvgIpc) is 3.02. The first kappa shape index (κ1) is 14.6. The average molecular weight is 328 g/mol. The van der Waals surface area contributed by atoms with Gasteiger partial charge in [0, 0.05) is 16.3 Å². The van der Waals surface area contributed by atoms with Gasteiger partial charge in [0.2, 0.25) is 5.89 Å². The molecule has 3 rings (SSSR count). The zero-order chi connectivity index (χ0) is 15.4. The second kappa shape index (κ2) is 6.65. The Bertz CT molecular complexity index is 841. The molecule has 0 bridgehead atoms. The monoisotopic (exact) mass is 327 g/mol. The molecule has 0 fully saturated rings. The number of hydrogen-bond donors (Lipinski definition) is 0. The van der Waals surface area contributed by atoms with Crippen molar-refractivity contribution in [2.24, 2.45) is 0 Å². The van der Waals surface area contributed by atoms with Crippen molar-refractivity contribution in [3.63, 3.8) is 0 Å². The topological polar surface area (TPSA) is 62.7 Å². The Morgan fingerprint density at radius 1 is 1.14 bits per heavy atom. The first-order chi connectivity index (χ1) is 10.7. The van der Waals surface area contributed by atoms with E-state index in [-0.39, 0.29) is 0 Å². The van der Waals surface area contributed by atoms with Crippen LogP contribution in [0.5, 0.6) is 0 Å². The SMILES string of the molecule is N#Cc1cccc(CSc2nnc(-c3cccc(Cl)c3)o2)c1. The molecule has 0 atom stereocenters. The molecule has 0 saturated carbocycles. The number of halogens is 1. The minimum Gasteiger partial charge on any atom is -0.411 e. The van der Waals surface area contributed by atoms with E-state index in [1.165, 1.54) is 11.8 Å². The van der Waals surface area contributed by atoms with Crippen molar-refractivity contribution in [1.29, 1.82) is 5.26 Å². The van der Waals surface area contributed by atoms with Crippen LogP contribution < -0.4 is 0 Å². The molecule has 0 amide bonds. The molecule has 0 aliphatic rings. The number of benzene rings is 2. The standard InChI is InChI=1S/C16H10ClN3OS/c17-14-6-2-5-13(8-14)15-19-20-16(21-15)22-10-12-4-1-3-11(7-12)9-18/h1-8H,10H2. The van der Waals surface area contributed by atoms with Crippen LogP contribution in [0.15, 0.2) is 58.2 Å². The highest BCUT2D eigenvalue weighted by Crippen LogP contribution is 2.27. The Morgan fingerprint density at radius 2 is 2.00 bits per heavy atom. The lowest BCUT2D eigenvalue weighted by atomic mass is 10.2. The highest BCUT2D eigenvalue weighted by Gasteiger charge is 2.09. The van der Waals surface area contributed by atoms with Crippen LogP contribution in [0.4, 0.5) is 0 Å². The molecule has 0 unspecified atom stereocenters. The molecule has 0 spiro atoms. The van der Waals surface area contributed by atoms with Crippen LogP contribution in [0.2, 0.25) is 5.02 Å². The second-order valence-electron chi connectivity index (χ2n) is 4.48. The molecule has 2 aromatic carbocycles. The largest absolute Gasteiger partial charge is 0.411 e. The van der Waals surface area contributed by atoms with Gasteiger partial charge in [-0.05, 0) is 35.9 Å². The number of hydrogen-bond acceptors (Lipinski definition) is 5. The van der Waals surface area contributed by atoms with E-state index in [4.69, 9.17) is 21.3 Å². The van der Waals surface area contributed by atoms with E-state index >= 15 is 0 Å². The summed E-state index contributed by atoms with van der Waals surface area (Å²) >= 11 is 7.38. The summed E-state index contributed by atoms with van der Waals surface area (Å²) in [5.41, 5.74) is 2.47. The van der Waals surface area contributed by atoms with Gasteiger partial charge in [-0.3, -0.25) is 0 Å². The number of nitrogens with zero attached hydrogens (tertiary/aromatic N) is 3. The van der Waals surface area contributed by atoms with Gasteiger partial charge in [0.15, 0.2) is 0 Å². The van der Waals surface area contributed by atoms with Gasteiger partial charge in [0.05, 0.1) is 11.6 Å². The Labute approximate surface area is 136 Å². The number of aromatic nitrogens is 2. The van der Waals surface area contributed by atoms with Crippen molar-refractivity contribution in [3.05, 3.63) is 64.7 Å². The minimum atomic E-state index is 0.441. The van der Waals surface area contributed by atoms with Crippen LogP contribution >= 0.6 is 23.4 Å². The first-order valence-electron chi connectivity index (χ1n) is 6.46. The van der Waals surface area contributed by atoms with Crippen molar-refractivity contribution in [2.75, 3.05) is 0 Å². The predicted octanol–water partition coefficient (Wildman–Crippen LogP) is 4.55. The maximum Gasteiger partial charge on any atom is 0.277 e. The van der Waals surface area contributed by atoms with Gasteiger partial charge < -0.3 is 4.42 Å². The number of thioether (sulfide) groups is 1. The molecule has 22 heavy (non-hydrogen) atoms. The molecule has 4 nitrogen and oxygen atoms in total. The summed E-state index contributed by atoms with van der Waals surface area (Å²) < 4.78 is 5.62. The minimum absolute atomic E-state index is 0.441. The number of rotatable bonds is 4. The molecule has 1 heterocycles. The molecule has 0 aliphatic heterocycles. The fraction of sp³-hybridized carbons (Fsp3) is 0.0625. The Balaban J connectivity index is 1.71. The molecular formula is C16H10ClN3OS. The van der Waals surface area contributed by atoms with Crippen molar-refractivity contribution in [2.45, 2.75) is 11.0 Å². The van der Waals surface area contributed by atoms with Crippen LogP contribution in [-0.4, -0.2) is 10.2 Å². The fourth-order valence-electron chi connectivity index (χ4n) is 1.88. The Morgan fingerprint density at radius 3 is 2.82 bits per heavy atom. The van der Waals surface area contributed by atoms with E-state index in [1.807, 2.05) is 30.3 Å². The molecule has 108 valence electrons. The maximum atomic E-state index is 8.89. The van der Waals surface area contributed by atoms with Crippen LogP contribution in [0.1, 0.15) is 11.1 Å². The summed E-state index contributed by atoms with van der Waals surface area (Å²) in [7, 11) is 0. The summed E-state index contributed by atoms with van der Waals surface area (Å²) in [6.07, 6.45) is 0. The van der Waals surface area contributed by atoms with Crippen LogP contribution in [0.25, 0.3) is 11.5 Å². The first-order valence-corrected chi connectivity index (χ1v) is 7.82. The lowest BCUT2D eigenvalue weighted by Gasteiger charge is -1.98. The summed E-state index contributed by atoms with van der Waals surface area (Å²) in [5, 5.41) is 18.0. The lowest BCUT2D eigenvalue weighted by molar-refractivity contribution is 0.466. The molecule has 0 saturated heterocycles. The molecule has 0 N–H and O–H groups in total. The maximum absolute atomic E-state index is 8.89. The smallest absolute Gasteiger partial charge is 0.277 e. The molecule has 0 aliphatic carbocycles. The van der Waals surface area contributed by atoms with Gasteiger partial charge >= 0.3 is 0 Å². The van der Waals surface area contributed by atoms with Gasteiger partial charge in [-0.25, -0.2) is 0 Å². The Hall–Kier alpha value is -2.29. The van der Waals surface area contributed by atoms with Gasteiger partial charge in [-0.2, -0.15) is 5.26 Å². The van der Waals surface area contributed by atoms with Crippen LogP contribution in [0, 0.1) is 11.3 Å². The molecule has 0 radical (unpaired) electrons. The molecule has 1 aromatic heterocycles. The summed E-state index contributed by atoms with van der Waals surface area (Å²) in [6.45, 7) is 0. The van der Waals surface area contributed by atoms with E-state index in [0.29, 0.717) is 27.5 Å².